The van der Waals surface area contributed by atoms with Crippen molar-refractivity contribution in [3.63, 3.8) is 0 Å². The molecule has 6 nitrogen and oxygen atoms in total. The van der Waals surface area contributed by atoms with Crippen molar-refractivity contribution in [1.29, 1.82) is 0 Å². The Balaban J connectivity index is 2.43. The number of nitrogens with two attached hydrogens (primary N) is 1. The largest absolute Gasteiger partial charge is 0.409 e. The quantitative estimate of drug-likeness (QED) is 0.373. The second-order valence-electron chi connectivity index (χ2n) is 4.56. The van der Waals surface area contributed by atoms with Gasteiger partial charge in [-0.05, 0) is 31.4 Å². The number of oxime groups is 1. The van der Waals surface area contributed by atoms with E-state index >= 15 is 0 Å². The van der Waals surface area contributed by atoms with Gasteiger partial charge in [0.1, 0.15) is 0 Å². The highest BCUT2D eigenvalue weighted by atomic mass is 32.2. The van der Waals surface area contributed by atoms with Gasteiger partial charge in [0.2, 0.25) is 10.0 Å². The van der Waals surface area contributed by atoms with E-state index in [1.807, 2.05) is 0 Å². The van der Waals surface area contributed by atoms with Gasteiger partial charge in [-0.3, -0.25) is 0 Å². The molecule has 7 heteroatoms. The first-order chi connectivity index (χ1) is 8.98. The van der Waals surface area contributed by atoms with Gasteiger partial charge in [0, 0.05) is 6.54 Å². The third-order valence-electron chi connectivity index (χ3n) is 3.34. The number of benzene rings is 1. The van der Waals surface area contributed by atoms with Crippen LogP contribution in [0.25, 0.3) is 0 Å². The monoisotopic (exact) mass is 283 g/mol. The molecule has 0 saturated carbocycles. The van der Waals surface area contributed by atoms with E-state index in [9.17, 15) is 8.42 Å². The third-order valence-corrected chi connectivity index (χ3v) is 5.41. The van der Waals surface area contributed by atoms with Crippen LogP contribution in [0.4, 0.5) is 0 Å². The molecule has 19 heavy (non-hydrogen) atoms. The van der Waals surface area contributed by atoms with E-state index in [1.165, 1.54) is 4.31 Å². The van der Waals surface area contributed by atoms with E-state index in [0.29, 0.717) is 24.9 Å². The summed E-state index contributed by atoms with van der Waals surface area (Å²) >= 11 is 0. The van der Waals surface area contributed by atoms with Crippen molar-refractivity contribution in [3.05, 3.63) is 29.8 Å². The fraction of sp³-hybridized carbons (Fsp3) is 0.417. The Hall–Kier alpha value is -1.60. The van der Waals surface area contributed by atoms with Crippen LogP contribution in [0, 0.1) is 6.92 Å². The molecule has 1 aromatic rings. The summed E-state index contributed by atoms with van der Waals surface area (Å²) in [4.78, 5) is 0.271. The minimum atomic E-state index is -3.61. The van der Waals surface area contributed by atoms with Gasteiger partial charge in [0.25, 0.3) is 0 Å². The van der Waals surface area contributed by atoms with Gasteiger partial charge in [-0.15, -0.1) is 0 Å². The summed E-state index contributed by atoms with van der Waals surface area (Å²) in [6, 6.07) is 6.25. The first-order valence-corrected chi connectivity index (χ1v) is 7.47. The van der Waals surface area contributed by atoms with Crippen LogP contribution in [-0.4, -0.2) is 36.4 Å². The predicted octanol–water partition coefficient (Wildman–Crippen LogP) is 0.895. The topological polar surface area (TPSA) is 96.0 Å². The maximum absolute atomic E-state index is 12.6. The SMILES string of the molecule is Cc1ccccc1S(=O)(=O)N1CCCC1C(N)=NO. The van der Waals surface area contributed by atoms with Gasteiger partial charge >= 0.3 is 0 Å². The predicted molar refractivity (Wildman–Crippen MR) is 71.5 cm³/mol. The van der Waals surface area contributed by atoms with Crippen LogP contribution in [-0.2, 0) is 10.0 Å². The van der Waals surface area contributed by atoms with Crippen LogP contribution in [0.15, 0.2) is 34.3 Å². The van der Waals surface area contributed by atoms with Gasteiger partial charge in [-0.1, -0.05) is 23.4 Å². The highest BCUT2D eigenvalue weighted by molar-refractivity contribution is 7.89. The first kappa shape index (κ1) is 13.8. The normalized spacial score (nSPS) is 21.7. The summed E-state index contributed by atoms with van der Waals surface area (Å²) in [6.45, 7) is 2.14. The van der Waals surface area contributed by atoms with Crippen molar-refractivity contribution >= 4 is 15.9 Å². The Morgan fingerprint density at radius 3 is 2.79 bits per heavy atom. The maximum atomic E-state index is 12.6. The zero-order valence-electron chi connectivity index (χ0n) is 10.7. The molecule has 1 saturated heterocycles. The molecule has 1 aromatic carbocycles. The second kappa shape index (κ2) is 5.18. The van der Waals surface area contributed by atoms with Gasteiger partial charge in [0.15, 0.2) is 5.84 Å². The van der Waals surface area contributed by atoms with Crippen molar-refractivity contribution in [2.75, 3.05) is 6.54 Å². The van der Waals surface area contributed by atoms with Crippen molar-refractivity contribution < 1.29 is 13.6 Å². The zero-order valence-corrected chi connectivity index (χ0v) is 11.5. The smallest absolute Gasteiger partial charge is 0.244 e. The van der Waals surface area contributed by atoms with E-state index in [2.05, 4.69) is 5.16 Å². The molecule has 104 valence electrons. The van der Waals surface area contributed by atoms with Gasteiger partial charge < -0.3 is 10.9 Å². The molecule has 0 aliphatic carbocycles. The molecule has 2 rings (SSSR count). The first-order valence-electron chi connectivity index (χ1n) is 6.03. The zero-order chi connectivity index (χ0) is 14.0. The minimum absolute atomic E-state index is 0.0605. The van der Waals surface area contributed by atoms with Crippen LogP contribution >= 0.6 is 0 Å². The Morgan fingerprint density at radius 2 is 2.16 bits per heavy atom. The van der Waals surface area contributed by atoms with E-state index in [4.69, 9.17) is 10.9 Å². The van der Waals surface area contributed by atoms with Crippen molar-refractivity contribution in [1.82, 2.24) is 4.31 Å². The molecule has 1 aliphatic rings. The molecule has 1 atom stereocenters. The molecule has 0 radical (unpaired) electrons. The summed E-state index contributed by atoms with van der Waals surface area (Å²) < 4.78 is 26.5. The van der Waals surface area contributed by atoms with Crippen LogP contribution in [0.5, 0.6) is 0 Å². The molecule has 1 heterocycles. The molecular weight excluding hydrogens is 266 g/mol. The number of hydrogen-bond donors (Lipinski definition) is 2. The highest BCUT2D eigenvalue weighted by Gasteiger charge is 2.38. The molecule has 0 amide bonds. The average molecular weight is 283 g/mol. The summed E-state index contributed by atoms with van der Waals surface area (Å²) in [7, 11) is -3.61. The average Bonchev–Trinajstić information content (AvgIpc) is 2.88. The van der Waals surface area contributed by atoms with Gasteiger partial charge in [-0.25, -0.2) is 8.42 Å². The molecule has 1 unspecified atom stereocenters. The summed E-state index contributed by atoms with van der Waals surface area (Å²) in [6.07, 6.45) is 1.27. The number of aryl methyl sites for hydroxylation is 1. The molecular formula is C12H17N3O3S. The standard InChI is InChI=1S/C12H17N3O3S/c1-9-5-2-3-7-11(9)19(17,18)15-8-4-6-10(15)12(13)14-16/h2-3,5,7,10,16H,4,6,8H2,1H3,(H2,13,14). The van der Waals surface area contributed by atoms with E-state index in [0.717, 1.165) is 0 Å². The lowest BCUT2D eigenvalue weighted by Crippen LogP contribution is -2.43. The number of rotatable bonds is 3. The van der Waals surface area contributed by atoms with E-state index in [-0.39, 0.29) is 10.7 Å². The lowest BCUT2D eigenvalue weighted by atomic mass is 10.2. The fourth-order valence-corrected chi connectivity index (χ4v) is 4.26. The number of nitrogens with zero attached hydrogens (tertiary/aromatic N) is 2. The molecule has 0 aromatic heterocycles. The Bertz CT molecular complexity index is 598. The third kappa shape index (κ3) is 2.43. The van der Waals surface area contributed by atoms with Crippen LogP contribution in [0.2, 0.25) is 0 Å². The van der Waals surface area contributed by atoms with Crippen molar-refractivity contribution in [2.45, 2.75) is 30.7 Å². The van der Waals surface area contributed by atoms with E-state index < -0.39 is 16.1 Å². The Morgan fingerprint density at radius 1 is 1.47 bits per heavy atom. The number of sulfonamides is 1. The van der Waals surface area contributed by atoms with E-state index in [1.54, 1.807) is 31.2 Å². The lowest BCUT2D eigenvalue weighted by molar-refractivity contribution is 0.311. The summed E-state index contributed by atoms with van der Waals surface area (Å²) in [5, 5.41) is 11.7. The van der Waals surface area contributed by atoms with Crippen LogP contribution < -0.4 is 5.73 Å². The molecule has 0 spiro atoms. The van der Waals surface area contributed by atoms with Gasteiger partial charge in [0.05, 0.1) is 10.9 Å². The van der Waals surface area contributed by atoms with Crippen molar-refractivity contribution in [2.24, 2.45) is 10.9 Å². The van der Waals surface area contributed by atoms with Gasteiger partial charge in [-0.2, -0.15) is 4.31 Å². The fourth-order valence-electron chi connectivity index (χ4n) is 2.36. The molecule has 1 fully saturated rings. The Labute approximate surface area is 112 Å². The summed E-state index contributed by atoms with van der Waals surface area (Å²) in [5.74, 6) is -0.0605. The number of hydrogen-bond acceptors (Lipinski definition) is 4. The molecule has 0 bridgehead atoms. The van der Waals surface area contributed by atoms with Crippen molar-refractivity contribution in [3.8, 4) is 0 Å². The maximum Gasteiger partial charge on any atom is 0.244 e. The lowest BCUT2D eigenvalue weighted by Gasteiger charge is -2.23. The minimum Gasteiger partial charge on any atom is -0.409 e. The number of amidine groups is 1. The Kier molecular flexibility index (Phi) is 3.77. The molecule has 1 aliphatic heterocycles. The van der Waals surface area contributed by atoms with Crippen LogP contribution in [0.3, 0.4) is 0 Å². The molecule has 3 N–H and O–H groups in total. The highest BCUT2D eigenvalue weighted by Crippen LogP contribution is 2.27. The second-order valence-corrected chi connectivity index (χ2v) is 6.42. The summed E-state index contributed by atoms with van der Waals surface area (Å²) in [5.41, 5.74) is 6.26. The van der Waals surface area contributed by atoms with Crippen LogP contribution in [0.1, 0.15) is 18.4 Å².